The number of halogens is 1. The number of hydrogen-bond acceptors (Lipinski definition) is 2. The number of benzene rings is 1. The predicted octanol–water partition coefficient (Wildman–Crippen LogP) is 3.78. The maximum absolute atomic E-state index is 12.3. The molecule has 1 fully saturated rings. The van der Waals surface area contributed by atoms with E-state index in [9.17, 15) is 4.79 Å². The molecule has 4 rings (SSSR count). The van der Waals surface area contributed by atoms with Crippen molar-refractivity contribution in [1.29, 1.82) is 0 Å². The third-order valence-corrected chi connectivity index (χ3v) is 4.96. The fourth-order valence-corrected chi connectivity index (χ4v) is 3.92. The molecule has 2 aromatic rings. The maximum Gasteiger partial charge on any atom is 0.235 e. The van der Waals surface area contributed by atoms with Crippen LogP contribution in [0.5, 0.6) is 0 Å². The third-order valence-electron chi connectivity index (χ3n) is 4.02. The van der Waals surface area contributed by atoms with Gasteiger partial charge in [0.25, 0.3) is 0 Å². The lowest BCUT2D eigenvalue weighted by Gasteiger charge is -2.07. The van der Waals surface area contributed by atoms with Crippen LogP contribution in [0, 0.1) is 0 Å². The molecule has 0 bridgehead atoms. The van der Waals surface area contributed by atoms with Crippen LogP contribution in [0.25, 0.3) is 0 Å². The van der Waals surface area contributed by atoms with Crippen LogP contribution < -0.4 is 5.32 Å². The molecule has 1 spiro atoms. The van der Waals surface area contributed by atoms with E-state index in [2.05, 4.69) is 22.1 Å². The molecule has 2 nitrogen and oxygen atoms in total. The van der Waals surface area contributed by atoms with Crippen LogP contribution in [0.1, 0.15) is 23.5 Å². The van der Waals surface area contributed by atoms with Crippen molar-refractivity contribution in [3.63, 3.8) is 0 Å². The number of carbonyl (C=O) groups is 1. The van der Waals surface area contributed by atoms with E-state index in [0.29, 0.717) is 10.9 Å². The van der Waals surface area contributed by atoms with Crippen molar-refractivity contribution in [2.45, 2.75) is 17.8 Å². The van der Waals surface area contributed by atoms with Crippen LogP contribution in [0.3, 0.4) is 0 Å². The fraction of sp³-hybridized carbons (Fsp3) is 0.214. The summed E-state index contributed by atoms with van der Waals surface area (Å²) in [5.74, 6) is 0.430. The maximum atomic E-state index is 12.3. The van der Waals surface area contributed by atoms with E-state index in [1.165, 1.54) is 5.56 Å². The van der Waals surface area contributed by atoms with E-state index in [1.54, 1.807) is 11.3 Å². The molecule has 4 heteroatoms. The highest BCUT2D eigenvalue weighted by atomic mass is 35.5. The number of amides is 1. The topological polar surface area (TPSA) is 29.1 Å². The summed E-state index contributed by atoms with van der Waals surface area (Å²) >= 11 is 7.74. The quantitative estimate of drug-likeness (QED) is 0.843. The minimum Gasteiger partial charge on any atom is -0.325 e. The van der Waals surface area contributed by atoms with Crippen LogP contribution in [-0.2, 0) is 10.2 Å². The van der Waals surface area contributed by atoms with Gasteiger partial charge in [0.2, 0.25) is 5.91 Å². The average molecular weight is 276 g/mol. The molecule has 1 aliphatic heterocycles. The van der Waals surface area contributed by atoms with Gasteiger partial charge in [-0.3, -0.25) is 4.79 Å². The molecule has 0 radical (unpaired) electrons. The SMILES string of the molecule is O=C1Nc2ccc(Cl)cc2[C@@]12C[C@@H]2c1ccsc1. The molecule has 0 unspecified atom stereocenters. The minimum absolute atomic E-state index is 0.121. The van der Waals surface area contributed by atoms with Crippen molar-refractivity contribution in [3.05, 3.63) is 51.2 Å². The summed E-state index contributed by atoms with van der Waals surface area (Å²) < 4.78 is 0. The van der Waals surface area contributed by atoms with Gasteiger partial charge in [-0.25, -0.2) is 0 Å². The molecular weight excluding hydrogens is 266 g/mol. The van der Waals surface area contributed by atoms with Crippen LogP contribution >= 0.6 is 22.9 Å². The van der Waals surface area contributed by atoms with E-state index in [4.69, 9.17) is 11.6 Å². The van der Waals surface area contributed by atoms with Gasteiger partial charge in [-0.1, -0.05) is 11.6 Å². The lowest BCUT2D eigenvalue weighted by molar-refractivity contribution is -0.118. The Morgan fingerprint density at radius 3 is 3.06 bits per heavy atom. The second-order valence-electron chi connectivity index (χ2n) is 4.93. The lowest BCUT2D eigenvalue weighted by atomic mass is 9.93. The molecule has 90 valence electrons. The number of thiophene rings is 1. The molecular formula is C14H10ClNOS. The summed E-state index contributed by atoms with van der Waals surface area (Å²) in [6.07, 6.45) is 0.892. The highest BCUT2D eigenvalue weighted by molar-refractivity contribution is 7.08. The zero-order valence-electron chi connectivity index (χ0n) is 9.44. The molecule has 2 heterocycles. The number of nitrogens with one attached hydrogen (secondary N) is 1. The molecule has 1 aromatic carbocycles. The van der Waals surface area contributed by atoms with Crippen molar-refractivity contribution in [1.82, 2.24) is 0 Å². The Balaban J connectivity index is 1.85. The van der Waals surface area contributed by atoms with Crippen molar-refractivity contribution >= 4 is 34.5 Å². The van der Waals surface area contributed by atoms with E-state index in [-0.39, 0.29) is 11.3 Å². The highest BCUT2D eigenvalue weighted by Gasteiger charge is 2.65. The molecule has 2 aliphatic rings. The first-order valence-electron chi connectivity index (χ1n) is 5.85. The van der Waals surface area contributed by atoms with E-state index in [1.807, 2.05) is 18.2 Å². The van der Waals surface area contributed by atoms with Crippen LogP contribution in [0.4, 0.5) is 5.69 Å². The Kier molecular flexibility index (Phi) is 1.98. The Labute approximate surface area is 114 Å². The molecule has 1 aromatic heterocycles. The zero-order chi connectivity index (χ0) is 12.3. The standard InChI is InChI=1S/C14H10ClNOS/c15-9-1-2-12-10(5-9)14(13(17)16-12)6-11(14)8-3-4-18-7-8/h1-5,7,11H,6H2,(H,16,17)/t11-,14-/m1/s1. The van der Waals surface area contributed by atoms with Gasteiger partial charge < -0.3 is 5.32 Å². The molecule has 1 aliphatic carbocycles. The van der Waals surface area contributed by atoms with Gasteiger partial charge in [-0.2, -0.15) is 11.3 Å². The van der Waals surface area contributed by atoms with Crippen LogP contribution in [0.2, 0.25) is 5.02 Å². The van der Waals surface area contributed by atoms with Gasteiger partial charge in [0.15, 0.2) is 0 Å². The fourth-order valence-electron chi connectivity index (χ4n) is 3.04. The second kappa shape index (κ2) is 3.37. The number of hydrogen-bond donors (Lipinski definition) is 1. The summed E-state index contributed by atoms with van der Waals surface area (Å²) in [4.78, 5) is 12.3. The average Bonchev–Trinajstić information content (AvgIpc) is 2.76. The number of carbonyl (C=O) groups excluding carboxylic acids is 1. The number of fused-ring (bicyclic) bond motifs is 2. The summed E-state index contributed by atoms with van der Waals surface area (Å²) in [5.41, 5.74) is 2.89. The van der Waals surface area contributed by atoms with Crippen molar-refractivity contribution in [2.75, 3.05) is 5.32 Å². The normalized spacial score (nSPS) is 28.3. The van der Waals surface area contributed by atoms with Crippen LogP contribution in [-0.4, -0.2) is 5.91 Å². The lowest BCUT2D eigenvalue weighted by Crippen LogP contribution is -2.20. The summed E-state index contributed by atoms with van der Waals surface area (Å²) in [7, 11) is 0. The summed E-state index contributed by atoms with van der Waals surface area (Å²) in [5, 5.41) is 7.87. The van der Waals surface area contributed by atoms with E-state index in [0.717, 1.165) is 17.7 Å². The van der Waals surface area contributed by atoms with Gasteiger partial charge in [0.05, 0.1) is 5.41 Å². The van der Waals surface area contributed by atoms with Crippen LogP contribution in [0.15, 0.2) is 35.0 Å². The van der Waals surface area contributed by atoms with Gasteiger partial charge in [0, 0.05) is 16.6 Å². The molecule has 2 atom stereocenters. The summed E-state index contributed by atoms with van der Waals surface area (Å²) in [6, 6.07) is 7.76. The first-order chi connectivity index (χ1) is 8.72. The van der Waals surface area contributed by atoms with E-state index >= 15 is 0 Å². The Hall–Kier alpha value is -1.32. The van der Waals surface area contributed by atoms with Crippen molar-refractivity contribution in [2.24, 2.45) is 0 Å². The molecule has 18 heavy (non-hydrogen) atoms. The smallest absolute Gasteiger partial charge is 0.235 e. The van der Waals surface area contributed by atoms with E-state index < -0.39 is 0 Å². The molecule has 1 saturated carbocycles. The van der Waals surface area contributed by atoms with Gasteiger partial charge >= 0.3 is 0 Å². The van der Waals surface area contributed by atoms with Gasteiger partial charge in [0.1, 0.15) is 0 Å². The monoisotopic (exact) mass is 275 g/mol. The highest BCUT2D eigenvalue weighted by Crippen LogP contribution is 2.65. The third kappa shape index (κ3) is 1.21. The van der Waals surface area contributed by atoms with Crippen molar-refractivity contribution in [3.8, 4) is 0 Å². The Bertz CT molecular complexity index is 652. The molecule has 0 saturated heterocycles. The number of anilines is 1. The summed E-state index contributed by atoms with van der Waals surface area (Å²) in [6.45, 7) is 0. The molecule has 1 N–H and O–H groups in total. The molecule has 1 amide bonds. The Morgan fingerprint density at radius 1 is 1.39 bits per heavy atom. The zero-order valence-corrected chi connectivity index (χ0v) is 11.0. The first kappa shape index (κ1) is 10.6. The minimum atomic E-state index is -0.360. The Morgan fingerprint density at radius 2 is 2.28 bits per heavy atom. The number of rotatable bonds is 1. The first-order valence-corrected chi connectivity index (χ1v) is 7.17. The van der Waals surface area contributed by atoms with Gasteiger partial charge in [-0.05, 0) is 52.6 Å². The second-order valence-corrected chi connectivity index (χ2v) is 6.15. The van der Waals surface area contributed by atoms with Crippen molar-refractivity contribution < 1.29 is 4.79 Å². The van der Waals surface area contributed by atoms with Gasteiger partial charge in [-0.15, -0.1) is 0 Å². The largest absolute Gasteiger partial charge is 0.325 e. The predicted molar refractivity (Wildman–Crippen MR) is 73.4 cm³/mol.